The fourth-order valence-corrected chi connectivity index (χ4v) is 1.98. The lowest BCUT2D eigenvalue weighted by atomic mass is 10.2. The van der Waals surface area contributed by atoms with Crippen LogP contribution in [0.25, 0.3) is 17.0 Å². The number of phenols is 1. The Bertz CT molecular complexity index is 819. The van der Waals surface area contributed by atoms with E-state index >= 15 is 0 Å². The van der Waals surface area contributed by atoms with Crippen molar-refractivity contribution in [1.82, 2.24) is 14.6 Å². The van der Waals surface area contributed by atoms with E-state index < -0.39 is 0 Å². The highest BCUT2D eigenvalue weighted by Gasteiger charge is 2.10. The molecule has 92 valence electrons. The minimum atomic E-state index is 0.0111. The SMILES string of the molecule is N#Cc1ccc2nnc(-c3ccc(O)c(Cl)c3)n2c1. The number of benzene rings is 1. The van der Waals surface area contributed by atoms with Crippen molar-refractivity contribution in [2.75, 3.05) is 0 Å². The highest BCUT2D eigenvalue weighted by Crippen LogP contribution is 2.28. The van der Waals surface area contributed by atoms with Gasteiger partial charge in [0.1, 0.15) is 11.8 Å². The molecule has 3 aromatic rings. The number of rotatable bonds is 1. The molecule has 0 atom stereocenters. The average molecular weight is 271 g/mol. The Morgan fingerprint density at radius 1 is 1.21 bits per heavy atom. The quantitative estimate of drug-likeness (QED) is 0.738. The van der Waals surface area contributed by atoms with Gasteiger partial charge in [-0.2, -0.15) is 5.26 Å². The molecule has 2 aromatic heterocycles. The minimum Gasteiger partial charge on any atom is -0.506 e. The Morgan fingerprint density at radius 2 is 2.05 bits per heavy atom. The number of phenolic OH excluding ortho intramolecular Hbond substituents is 1. The fourth-order valence-electron chi connectivity index (χ4n) is 1.80. The van der Waals surface area contributed by atoms with Crippen molar-refractivity contribution in [2.45, 2.75) is 0 Å². The van der Waals surface area contributed by atoms with E-state index in [0.29, 0.717) is 22.6 Å². The molecule has 5 nitrogen and oxygen atoms in total. The number of pyridine rings is 1. The van der Waals surface area contributed by atoms with E-state index in [2.05, 4.69) is 16.3 Å². The van der Waals surface area contributed by atoms with Gasteiger partial charge in [0.15, 0.2) is 11.5 Å². The molecule has 0 radical (unpaired) electrons. The summed E-state index contributed by atoms with van der Waals surface area (Å²) in [6.45, 7) is 0. The van der Waals surface area contributed by atoms with Crippen LogP contribution >= 0.6 is 11.6 Å². The molecule has 2 heterocycles. The third-order valence-corrected chi connectivity index (χ3v) is 3.04. The highest BCUT2D eigenvalue weighted by atomic mass is 35.5. The monoisotopic (exact) mass is 270 g/mol. The van der Waals surface area contributed by atoms with Crippen LogP contribution in [-0.2, 0) is 0 Å². The first-order valence-electron chi connectivity index (χ1n) is 5.43. The third kappa shape index (κ3) is 1.88. The van der Waals surface area contributed by atoms with Gasteiger partial charge >= 0.3 is 0 Å². The zero-order chi connectivity index (χ0) is 13.4. The summed E-state index contributed by atoms with van der Waals surface area (Å²) >= 11 is 5.88. The predicted octanol–water partition coefficient (Wildman–Crippen LogP) is 2.63. The Balaban J connectivity index is 2.24. The Hall–Kier alpha value is -2.58. The molecular formula is C13H7ClN4O. The molecule has 19 heavy (non-hydrogen) atoms. The summed E-state index contributed by atoms with van der Waals surface area (Å²) in [5, 5.41) is 26.7. The van der Waals surface area contributed by atoms with E-state index in [1.54, 1.807) is 34.9 Å². The van der Waals surface area contributed by atoms with E-state index in [1.807, 2.05) is 0 Å². The van der Waals surface area contributed by atoms with Crippen molar-refractivity contribution in [3.05, 3.63) is 47.1 Å². The summed E-state index contributed by atoms with van der Waals surface area (Å²) in [4.78, 5) is 0. The molecule has 1 N–H and O–H groups in total. The normalized spacial score (nSPS) is 10.5. The van der Waals surface area contributed by atoms with Crippen molar-refractivity contribution in [3.8, 4) is 23.2 Å². The molecule has 0 amide bonds. The van der Waals surface area contributed by atoms with Gasteiger partial charge in [0.25, 0.3) is 0 Å². The fraction of sp³-hybridized carbons (Fsp3) is 0. The maximum Gasteiger partial charge on any atom is 0.168 e. The largest absolute Gasteiger partial charge is 0.506 e. The second kappa shape index (κ2) is 4.26. The highest BCUT2D eigenvalue weighted by molar-refractivity contribution is 6.32. The molecule has 0 spiro atoms. The number of aromatic nitrogens is 3. The number of hydrogen-bond donors (Lipinski definition) is 1. The van der Waals surface area contributed by atoms with Gasteiger partial charge in [0.05, 0.1) is 10.6 Å². The van der Waals surface area contributed by atoms with E-state index in [4.69, 9.17) is 16.9 Å². The summed E-state index contributed by atoms with van der Waals surface area (Å²) in [5.41, 5.74) is 1.86. The Labute approximate surface area is 113 Å². The third-order valence-electron chi connectivity index (χ3n) is 2.74. The van der Waals surface area contributed by atoms with E-state index in [9.17, 15) is 5.11 Å². The van der Waals surface area contributed by atoms with Crippen LogP contribution < -0.4 is 0 Å². The summed E-state index contributed by atoms with van der Waals surface area (Å²) in [6.07, 6.45) is 1.66. The zero-order valence-corrected chi connectivity index (χ0v) is 10.3. The van der Waals surface area contributed by atoms with Crippen molar-refractivity contribution >= 4 is 17.2 Å². The van der Waals surface area contributed by atoms with Crippen LogP contribution in [0, 0.1) is 11.3 Å². The molecule has 0 unspecified atom stereocenters. The second-order valence-electron chi connectivity index (χ2n) is 3.95. The first-order valence-corrected chi connectivity index (χ1v) is 5.80. The second-order valence-corrected chi connectivity index (χ2v) is 4.35. The van der Waals surface area contributed by atoms with Gasteiger partial charge < -0.3 is 5.11 Å². The van der Waals surface area contributed by atoms with Crippen LogP contribution in [0.4, 0.5) is 0 Å². The smallest absolute Gasteiger partial charge is 0.168 e. The summed E-state index contributed by atoms with van der Waals surface area (Å²) in [7, 11) is 0. The van der Waals surface area contributed by atoms with Gasteiger partial charge in [0, 0.05) is 11.8 Å². The summed E-state index contributed by atoms with van der Waals surface area (Å²) in [5.74, 6) is 0.575. The topological polar surface area (TPSA) is 74.2 Å². The molecule has 0 aliphatic rings. The zero-order valence-electron chi connectivity index (χ0n) is 9.58. The van der Waals surface area contributed by atoms with E-state index in [1.165, 1.54) is 6.07 Å². The average Bonchev–Trinajstić information content (AvgIpc) is 2.84. The van der Waals surface area contributed by atoms with Crippen LogP contribution in [0.3, 0.4) is 0 Å². The lowest BCUT2D eigenvalue weighted by molar-refractivity contribution is 0.475. The lowest BCUT2D eigenvalue weighted by Gasteiger charge is -2.02. The van der Waals surface area contributed by atoms with Crippen molar-refractivity contribution in [1.29, 1.82) is 5.26 Å². The number of nitriles is 1. The predicted molar refractivity (Wildman–Crippen MR) is 69.8 cm³/mol. The van der Waals surface area contributed by atoms with Gasteiger partial charge in [-0.3, -0.25) is 4.40 Å². The number of aromatic hydroxyl groups is 1. The molecule has 6 heteroatoms. The number of nitrogens with zero attached hydrogens (tertiary/aromatic N) is 4. The number of halogens is 1. The van der Waals surface area contributed by atoms with Crippen LogP contribution in [0.1, 0.15) is 5.56 Å². The van der Waals surface area contributed by atoms with Gasteiger partial charge in [0.2, 0.25) is 0 Å². The molecule has 0 aliphatic heterocycles. The first kappa shape index (κ1) is 11.5. The van der Waals surface area contributed by atoms with Crippen molar-refractivity contribution < 1.29 is 5.11 Å². The molecule has 0 saturated carbocycles. The van der Waals surface area contributed by atoms with Crippen LogP contribution in [0.5, 0.6) is 5.75 Å². The molecule has 3 rings (SSSR count). The Kier molecular flexibility index (Phi) is 2.58. The van der Waals surface area contributed by atoms with Gasteiger partial charge in [-0.05, 0) is 30.3 Å². The summed E-state index contributed by atoms with van der Waals surface area (Å²) in [6, 6.07) is 10.3. The number of hydrogen-bond acceptors (Lipinski definition) is 4. The van der Waals surface area contributed by atoms with Gasteiger partial charge in [-0.25, -0.2) is 0 Å². The van der Waals surface area contributed by atoms with Crippen LogP contribution in [0.2, 0.25) is 5.02 Å². The van der Waals surface area contributed by atoms with Crippen molar-refractivity contribution in [3.63, 3.8) is 0 Å². The van der Waals surface area contributed by atoms with E-state index in [0.717, 1.165) is 0 Å². The standard InChI is InChI=1S/C13H7ClN4O/c14-10-5-9(2-3-11(10)19)13-17-16-12-4-1-8(6-15)7-18(12)13/h1-5,7,19H. The first-order chi connectivity index (χ1) is 9.19. The molecular weight excluding hydrogens is 264 g/mol. The minimum absolute atomic E-state index is 0.0111. The van der Waals surface area contributed by atoms with E-state index in [-0.39, 0.29) is 10.8 Å². The van der Waals surface area contributed by atoms with Crippen molar-refractivity contribution in [2.24, 2.45) is 0 Å². The summed E-state index contributed by atoms with van der Waals surface area (Å²) < 4.78 is 1.71. The Morgan fingerprint density at radius 3 is 2.79 bits per heavy atom. The maximum absolute atomic E-state index is 9.42. The van der Waals surface area contributed by atoms with Crippen LogP contribution in [0.15, 0.2) is 36.5 Å². The molecule has 1 aromatic carbocycles. The molecule has 0 fully saturated rings. The van der Waals surface area contributed by atoms with Crippen LogP contribution in [-0.4, -0.2) is 19.7 Å². The lowest BCUT2D eigenvalue weighted by Crippen LogP contribution is -1.90. The molecule has 0 aliphatic carbocycles. The molecule has 0 bridgehead atoms. The maximum atomic E-state index is 9.42. The molecule has 0 saturated heterocycles. The van der Waals surface area contributed by atoms with Gasteiger partial charge in [-0.1, -0.05) is 11.6 Å². The van der Waals surface area contributed by atoms with Gasteiger partial charge in [-0.15, -0.1) is 10.2 Å². The number of fused-ring (bicyclic) bond motifs is 1.